The first-order valence-corrected chi connectivity index (χ1v) is 6.96. The summed E-state index contributed by atoms with van der Waals surface area (Å²) >= 11 is 1.29. The van der Waals surface area contributed by atoms with Crippen molar-refractivity contribution in [3.05, 3.63) is 44.8 Å². The van der Waals surface area contributed by atoms with E-state index in [2.05, 4.69) is 6.07 Å². The molecular formula is C14H13N3O2S. The number of anilines is 1. The van der Waals surface area contributed by atoms with Crippen LogP contribution < -0.4 is 5.73 Å². The van der Waals surface area contributed by atoms with E-state index in [1.807, 2.05) is 6.92 Å². The summed E-state index contributed by atoms with van der Waals surface area (Å²) < 4.78 is 0. The van der Waals surface area contributed by atoms with Crippen LogP contribution in [0.2, 0.25) is 0 Å². The number of thiophene rings is 1. The second-order valence-corrected chi connectivity index (χ2v) is 5.34. The maximum atomic E-state index is 10.9. The molecule has 0 saturated heterocycles. The fourth-order valence-electron chi connectivity index (χ4n) is 2.05. The summed E-state index contributed by atoms with van der Waals surface area (Å²) in [7, 11) is 0. The molecule has 0 aliphatic heterocycles. The number of non-ortho nitro benzene ring substituents is 1. The molecule has 0 aliphatic rings. The number of nitro groups is 1. The summed E-state index contributed by atoms with van der Waals surface area (Å²) in [6.45, 7) is 2.03. The van der Waals surface area contributed by atoms with Gasteiger partial charge in [-0.05, 0) is 17.5 Å². The highest BCUT2D eigenvalue weighted by molar-refractivity contribution is 7.16. The van der Waals surface area contributed by atoms with E-state index in [0.717, 1.165) is 28.8 Å². The highest BCUT2D eigenvalue weighted by Gasteiger charge is 2.18. The quantitative estimate of drug-likeness (QED) is 0.684. The molecular weight excluding hydrogens is 274 g/mol. The van der Waals surface area contributed by atoms with Crippen molar-refractivity contribution < 1.29 is 4.92 Å². The Morgan fingerprint density at radius 2 is 2.25 bits per heavy atom. The summed E-state index contributed by atoms with van der Waals surface area (Å²) in [5.41, 5.74) is 8.18. The summed E-state index contributed by atoms with van der Waals surface area (Å²) in [6, 6.07) is 8.50. The fraction of sp³-hybridized carbons (Fsp3) is 0.214. The Labute approximate surface area is 120 Å². The van der Waals surface area contributed by atoms with E-state index in [4.69, 9.17) is 11.0 Å². The first kappa shape index (κ1) is 14.0. The van der Waals surface area contributed by atoms with E-state index >= 15 is 0 Å². The summed E-state index contributed by atoms with van der Waals surface area (Å²) in [4.78, 5) is 11.7. The Hall–Kier alpha value is -2.39. The Balaban J connectivity index is 2.60. The van der Waals surface area contributed by atoms with E-state index in [-0.39, 0.29) is 5.69 Å². The van der Waals surface area contributed by atoms with E-state index in [9.17, 15) is 10.1 Å². The Morgan fingerprint density at radius 1 is 1.50 bits per heavy atom. The van der Waals surface area contributed by atoms with Gasteiger partial charge in [-0.3, -0.25) is 10.1 Å². The van der Waals surface area contributed by atoms with Crippen molar-refractivity contribution in [1.82, 2.24) is 0 Å². The zero-order chi connectivity index (χ0) is 14.7. The van der Waals surface area contributed by atoms with Crippen LogP contribution in [0.3, 0.4) is 0 Å². The molecule has 0 radical (unpaired) electrons. The Kier molecular flexibility index (Phi) is 4.01. The molecule has 2 aromatic rings. The van der Waals surface area contributed by atoms with E-state index in [1.165, 1.54) is 23.5 Å². The maximum Gasteiger partial charge on any atom is 0.270 e. The van der Waals surface area contributed by atoms with Gasteiger partial charge < -0.3 is 5.73 Å². The van der Waals surface area contributed by atoms with Gasteiger partial charge in [0.15, 0.2) is 0 Å². The van der Waals surface area contributed by atoms with Crippen molar-refractivity contribution in [2.45, 2.75) is 19.8 Å². The molecule has 2 rings (SSSR count). The van der Waals surface area contributed by atoms with Crippen LogP contribution in [0.5, 0.6) is 0 Å². The van der Waals surface area contributed by atoms with Crippen LogP contribution in [0.15, 0.2) is 24.3 Å². The molecule has 102 valence electrons. The lowest BCUT2D eigenvalue weighted by atomic mass is 10.0. The van der Waals surface area contributed by atoms with Crippen molar-refractivity contribution >= 4 is 22.7 Å². The number of nitriles is 1. The third-order valence-corrected chi connectivity index (χ3v) is 4.17. The van der Waals surface area contributed by atoms with Gasteiger partial charge in [-0.1, -0.05) is 25.5 Å². The van der Waals surface area contributed by atoms with Crippen LogP contribution in [0, 0.1) is 21.4 Å². The number of hydrogen-bond donors (Lipinski definition) is 1. The smallest absolute Gasteiger partial charge is 0.270 e. The molecule has 1 aromatic carbocycles. The van der Waals surface area contributed by atoms with Crippen molar-refractivity contribution in [3.63, 3.8) is 0 Å². The molecule has 0 fully saturated rings. The minimum absolute atomic E-state index is 0.0374. The molecule has 0 bridgehead atoms. The largest absolute Gasteiger partial charge is 0.397 e. The zero-order valence-corrected chi connectivity index (χ0v) is 11.7. The van der Waals surface area contributed by atoms with E-state index in [0.29, 0.717) is 10.6 Å². The van der Waals surface area contributed by atoms with Crippen molar-refractivity contribution in [3.8, 4) is 16.5 Å². The van der Waals surface area contributed by atoms with Gasteiger partial charge >= 0.3 is 0 Å². The summed E-state index contributed by atoms with van der Waals surface area (Å²) in [5, 5.41) is 19.9. The van der Waals surface area contributed by atoms with Crippen LogP contribution in [0.25, 0.3) is 10.4 Å². The van der Waals surface area contributed by atoms with Gasteiger partial charge in [0.2, 0.25) is 0 Å². The van der Waals surface area contributed by atoms with Gasteiger partial charge in [0.05, 0.1) is 10.6 Å². The lowest BCUT2D eigenvalue weighted by Crippen LogP contribution is -1.93. The van der Waals surface area contributed by atoms with Crippen molar-refractivity contribution in [2.75, 3.05) is 5.73 Å². The normalized spacial score (nSPS) is 10.2. The Morgan fingerprint density at radius 3 is 2.85 bits per heavy atom. The predicted octanol–water partition coefficient (Wildman–Crippen LogP) is 3.73. The standard InChI is InChI=1S/C14H13N3O2S/c1-2-4-11-13(16)12(8-15)20-14(11)9-5-3-6-10(7-9)17(18)19/h3,5-7H,2,4,16H2,1H3. The van der Waals surface area contributed by atoms with Crippen LogP contribution in [-0.4, -0.2) is 4.92 Å². The monoisotopic (exact) mass is 287 g/mol. The lowest BCUT2D eigenvalue weighted by molar-refractivity contribution is -0.384. The zero-order valence-electron chi connectivity index (χ0n) is 10.9. The van der Waals surface area contributed by atoms with Crippen LogP contribution in [0.1, 0.15) is 23.8 Å². The van der Waals surface area contributed by atoms with Gasteiger partial charge in [-0.25, -0.2) is 0 Å². The second-order valence-electron chi connectivity index (χ2n) is 4.32. The van der Waals surface area contributed by atoms with Crippen LogP contribution >= 0.6 is 11.3 Å². The molecule has 0 unspecified atom stereocenters. The minimum Gasteiger partial charge on any atom is -0.397 e. The van der Waals surface area contributed by atoms with Gasteiger partial charge in [0, 0.05) is 17.0 Å². The third kappa shape index (κ3) is 2.49. The number of nitrogens with two attached hydrogens (primary N) is 1. The average Bonchev–Trinajstić information content (AvgIpc) is 2.76. The second kappa shape index (κ2) is 5.72. The number of benzene rings is 1. The van der Waals surface area contributed by atoms with Gasteiger partial charge in [-0.2, -0.15) is 5.26 Å². The SMILES string of the molecule is CCCc1c(-c2cccc([N+](=O)[O-])c2)sc(C#N)c1N. The van der Waals surface area contributed by atoms with E-state index in [1.54, 1.807) is 12.1 Å². The number of nitrogen functional groups attached to an aromatic ring is 1. The molecule has 0 atom stereocenters. The minimum atomic E-state index is -0.425. The molecule has 1 heterocycles. The molecule has 0 amide bonds. The first-order chi connectivity index (χ1) is 9.58. The highest BCUT2D eigenvalue weighted by Crippen LogP contribution is 2.39. The molecule has 2 N–H and O–H groups in total. The lowest BCUT2D eigenvalue weighted by Gasteiger charge is -2.04. The highest BCUT2D eigenvalue weighted by atomic mass is 32.1. The summed E-state index contributed by atoms with van der Waals surface area (Å²) in [5.74, 6) is 0. The van der Waals surface area contributed by atoms with E-state index < -0.39 is 4.92 Å². The van der Waals surface area contributed by atoms with Crippen LogP contribution in [0.4, 0.5) is 11.4 Å². The first-order valence-electron chi connectivity index (χ1n) is 6.14. The Bertz CT molecular complexity index is 701. The maximum absolute atomic E-state index is 10.9. The van der Waals surface area contributed by atoms with Crippen molar-refractivity contribution in [1.29, 1.82) is 5.26 Å². The number of hydrogen-bond acceptors (Lipinski definition) is 5. The topological polar surface area (TPSA) is 93.0 Å². The molecule has 6 heteroatoms. The van der Waals surface area contributed by atoms with Gasteiger partial charge in [0.1, 0.15) is 10.9 Å². The molecule has 20 heavy (non-hydrogen) atoms. The summed E-state index contributed by atoms with van der Waals surface area (Å²) in [6.07, 6.45) is 1.65. The average molecular weight is 287 g/mol. The molecule has 5 nitrogen and oxygen atoms in total. The van der Waals surface area contributed by atoms with Crippen molar-refractivity contribution in [2.24, 2.45) is 0 Å². The number of nitrogens with zero attached hydrogens (tertiary/aromatic N) is 2. The van der Waals surface area contributed by atoms with Gasteiger partial charge in [-0.15, -0.1) is 11.3 Å². The predicted molar refractivity (Wildman–Crippen MR) is 79.5 cm³/mol. The number of nitro benzene ring substituents is 1. The number of rotatable bonds is 4. The molecule has 0 spiro atoms. The third-order valence-electron chi connectivity index (χ3n) is 2.97. The fourth-order valence-corrected chi connectivity index (χ4v) is 3.12. The van der Waals surface area contributed by atoms with Gasteiger partial charge in [0.25, 0.3) is 5.69 Å². The molecule has 1 aromatic heterocycles. The molecule has 0 saturated carbocycles. The van der Waals surface area contributed by atoms with Crippen LogP contribution in [-0.2, 0) is 6.42 Å². The molecule has 0 aliphatic carbocycles.